The topological polar surface area (TPSA) is 89.9 Å². The van der Waals surface area contributed by atoms with Gasteiger partial charge in [0.15, 0.2) is 5.82 Å². The fourth-order valence-electron chi connectivity index (χ4n) is 1.95. The third kappa shape index (κ3) is 2.20. The van der Waals surface area contributed by atoms with Crippen molar-refractivity contribution in [2.45, 2.75) is 13.5 Å². The molecule has 0 aliphatic heterocycles. The van der Waals surface area contributed by atoms with E-state index in [0.29, 0.717) is 23.9 Å². The van der Waals surface area contributed by atoms with Crippen molar-refractivity contribution in [3.05, 3.63) is 42.3 Å². The van der Waals surface area contributed by atoms with Gasteiger partial charge in [-0.1, -0.05) is 5.16 Å². The van der Waals surface area contributed by atoms with Crippen LogP contribution in [0.3, 0.4) is 0 Å². The van der Waals surface area contributed by atoms with E-state index < -0.39 is 0 Å². The third-order valence-corrected chi connectivity index (χ3v) is 2.86. The quantitative estimate of drug-likeness (QED) is 0.697. The van der Waals surface area contributed by atoms with E-state index in [1.807, 2.05) is 18.2 Å². The van der Waals surface area contributed by atoms with Crippen molar-refractivity contribution in [1.29, 1.82) is 0 Å². The molecule has 19 heavy (non-hydrogen) atoms. The molecule has 0 spiro atoms. The predicted octanol–water partition coefficient (Wildman–Crippen LogP) is 2.12. The van der Waals surface area contributed by atoms with Crippen molar-refractivity contribution in [1.82, 2.24) is 15.1 Å². The molecule has 2 heterocycles. The average Bonchev–Trinajstić information content (AvgIpc) is 2.84. The van der Waals surface area contributed by atoms with Crippen LogP contribution in [-0.2, 0) is 6.54 Å². The number of hydrogen-bond donors (Lipinski definition) is 2. The second kappa shape index (κ2) is 4.56. The van der Waals surface area contributed by atoms with Gasteiger partial charge >= 0.3 is 0 Å². The fourth-order valence-corrected chi connectivity index (χ4v) is 1.95. The molecule has 1 aromatic carbocycles. The molecule has 0 amide bonds. The summed E-state index contributed by atoms with van der Waals surface area (Å²) in [4.78, 5) is 8.24. The summed E-state index contributed by atoms with van der Waals surface area (Å²) >= 11 is 0. The molecule has 0 saturated carbocycles. The molecule has 0 radical (unpaired) electrons. The maximum Gasteiger partial charge on any atom is 0.223 e. The lowest BCUT2D eigenvalue weighted by Crippen LogP contribution is -2.02. The molecule has 0 unspecified atom stereocenters. The van der Waals surface area contributed by atoms with E-state index in [1.54, 1.807) is 19.3 Å². The maximum absolute atomic E-state index is 5.93. The van der Waals surface area contributed by atoms with Crippen LogP contribution >= 0.6 is 0 Å². The highest BCUT2D eigenvalue weighted by atomic mass is 16.5. The summed E-state index contributed by atoms with van der Waals surface area (Å²) in [7, 11) is 0. The first-order chi connectivity index (χ1) is 9.24. The lowest BCUT2D eigenvalue weighted by Gasteiger charge is -2.09. The van der Waals surface area contributed by atoms with Gasteiger partial charge in [0.2, 0.25) is 5.89 Å². The number of benzene rings is 1. The summed E-state index contributed by atoms with van der Waals surface area (Å²) < 4.78 is 4.93. The molecule has 96 valence electrons. The standard InChI is InChI=1S/C13H13N5O/c1-8-17-13(18-19-8)7-16-12-3-2-11(14)10-6-15-5-4-9(10)12/h2-6,16H,7,14H2,1H3. The van der Waals surface area contributed by atoms with Crippen LogP contribution < -0.4 is 11.1 Å². The van der Waals surface area contributed by atoms with Crippen LogP contribution in [0.25, 0.3) is 10.8 Å². The summed E-state index contributed by atoms with van der Waals surface area (Å²) in [5, 5.41) is 9.07. The summed E-state index contributed by atoms with van der Waals surface area (Å²) in [6.45, 7) is 2.26. The first-order valence-electron chi connectivity index (χ1n) is 5.89. The Labute approximate surface area is 109 Å². The van der Waals surface area contributed by atoms with Crippen LogP contribution in [-0.4, -0.2) is 15.1 Å². The van der Waals surface area contributed by atoms with Gasteiger partial charge in [-0.15, -0.1) is 0 Å². The number of hydrogen-bond acceptors (Lipinski definition) is 6. The number of aryl methyl sites for hydroxylation is 1. The van der Waals surface area contributed by atoms with E-state index in [1.165, 1.54) is 0 Å². The third-order valence-electron chi connectivity index (χ3n) is 2.86. The lowest BCUT2D eigenvalue weighted by molar-refractivity contribution is 0.388. The van der Waals surface area contributed by atoms with Crippen LogP contribution in [0.2, 0.25) is 0 Å². The SMILES string of the molecule is Cc1nc(CNc2ccc(N)c3cnccc23)no1. The number of pyridine rings is 1. The molecular weight excluding hydrogens is 242 g/mol. The van der Waals surface area contributed by atoms with Gasteiger partial charge in [-0.05, 0) is 18.2 Å². The van der Waals surface area contributed by atoms with E-state index >= 15 is 0 Å². The second-order valence-corrected chi connectivity index (χ2v) is 4.21. The largest absolute Gasteiger partial charge is 0.398 e. The Morgan fingerprint density at radius 1 is 1.26 bits per heavy atom. The normalized spacial score (nSPS) is 10.8. The van der Waals surface area contributed by atoms with E-state index in [-0.39, 0.29) is 0 Å². The van der Waals surface area contributed by atoms with Gasteiger partial charge < -0.3 is 15.6 Å². The summed E-state index contributed by atoms with van der Waals surface area (Å²) in [6, 6.07) is 5.72. The minimum atomic E-state index is 0.499. The summed E-state index contributed by atoms with van der Waals surface area (Å²) in [5.41, 5.74) is 7.61. The van der Waals surface area contributed by atoms with Crippen molar-refractivity contribution >= 4 is 22.1 Å². The van der Waals surface area contributed by atoms with Crippen molar-refractivity contribution in [2.24, 2.45) is 0 Å². The van der Waals surface area contributed by atoms with Gasteiger partial charge in [0.05, 0.1) is 6.54 Å². The van der Waals surface area contributed by atoms with Crippen LogP contribution in [0.4, 0.5) is 11.4 Å². The monoisotopic (exact) mass is 255 g/mol. The summed E-state index contributed by atoms with van der Waals surface area (Å²) in [5.74, 6) is 1.18. The number of nitrogen functional groups attached to an aromatic ring is 1. The molecule has 0 saturated heterocycles. The Morgan fingerprint density at radius 2 is 2.16 bits per heavy atom. The van der Waals surface area contributed by atoms with Gasteiger partial charge in [-0.25, -0.2) is 0 Å². The number of nitrogens with two attached hydrogens (primary N) is 1. The van der Waals surface area contributed by atoms with Crippen molar-refractivity contribution in [3.63, 3.8) is 0 Å². The first-order valence-corrected chi connectivity index (χ1v) is 5.89. The van der Waals surface area contributed by atoms with E-state index in [0.717, 1.165) is 16.5 Å². The molecule has 0 aliphatic rings. The van der Waals surface area contributed by atoms with Gasteiger partial charge in [-0.3, -0.25) is 4.98 Å². The molecule has 0 fully saturated rings. The molecule has 3 aromatic rings. The maximum atomic E-state index is 5.93. The Morgan fingerprint density at radius 3 is 2.95 bits per heavy atom. The zero-order chi connectivity index (χ0) is 13.2. The molecule has 2 aromatic heterocycles. The number of aromatic nitrogens is 3. The first kappa shape index (κ1) is 11.5. The van der Waals surface area contributed by atoms with Crippen LogP contribution in [0.15, 0.2) is 35.1 Å². The molecular formula is C13H13N5O. The van der Waals surface area contributed by atoms with Crippen molar-refractivity contribution in [2.75, 3.05) is 11.1 Å². The van der Waals surface area contributed by atoms with Gasteiger partial charge in [0.1, 0.15) is 0 Å². The molecule has 0 bridgehead atoms. The molecule has 0 aliphatic carbocycles. The van der Waals surface area contributed by atoms with Crippen molar-refractivity contribution in [3.8, 4) is 0 Å². The highest BCUT2D eigenvalue weighted by Crippen LogP contribution is 2.27. The predicted molar refractivity (Wildman–Crippen MR) is 72.5 cm³/mol. The molecule has 3 N–H and O–H groups in total. The van der Waals surface area contributed by atoms with Gasteiger partial charge in [0, 0.05) is 41.5 Å². The molecule has 6 heteroatoms. The Kier molecular flexibility index (Phi) is 2.75. The molecule has 0 atom stereocenters. The van der Waals surface area contributed by atoms with Gasteiger partial charge in [-0.2, -0.15) is 4.98 Å². The van der Waals surface area contributed by atoms with E-state index in [4.69, 9.17) is 10.3 Å². The average molecular weight is 255 g/mol. The number of rotatable bonds is 3. The lowest BCUT2D eigenvalue weighted by atomic mass is 10.1. The van der Waals surface area contributed by atoms with E-state index in [9.17, 15) is 0 Å². The number of anilines is 2. The zero-order valence-corrected chi connectivity index (χ0v) is 10.4. The highest BCUT2D eigenvalue weighted by Gasteiger charge is 2.06. The summed E-state index contributed by atoms with van der Waals surface area (Å²) in [6.07, 6.45) is 3.50. The van der Waals surface area contributed by atoms with Crippen molar-refractivity contribution < 1.29 is 4.52 Å². The van der Waals surface area contributed by atoms with Gasteiger partial charge in [0.25, 0.3) is 0 Å². The Hall–Kier alpha value is -2.63. The minimum absolute atomic E-state index is 0.499. The smallest absolute Gasteiger partial charge is 0.223 e. The van der Waals surface area contributed by atoms with Crippen LogP contribution in [0.5, 0.6) is 0 Å². The highest BCUT2D eigenvalue weighted by molar-refractivity contribution is 6.00. The Bertz CT molecular complexity index is 722. The number of nitrogens with one attached hydrogen (secondary N) is 1. The molecule has 3 rings (SSSR count). The molecule has 6 nitrogen and oxygen atoms in total. The van der Waals surface area contributed by atoms with E-state index in [2.05, 4.69) is 20.4 Å². The minimum Gasteiger partial charge on any atom is -0.398 e. The number of nitrogens with zero attached hydrogens (tertiary/aromatic N) is 3. The second-order valence-electron chi connectivity index (χ2n) is 4.21. The Balaban J connectivity index is 1.91. The number of fused-ring (bicyclic) bond motifs is 1. The van der Waals surface area contributed by atoms with Crippen LogP contribution in [0.1, 0.15) is 11.7 Å². The zero-order valence-electron chi connectivity index (χ0n) is 10.4. The fraction of sp³-hybridized carbons (Fsp3) is 0.154. The van der Waals surface area contributed by atoms with Crippen LogP contribution in [0, 0.1) is 6.92 Å².